The average molecular weight is 474 g/mol. The number of nitrogens with zero attached hydrogens (tertiary/aromatic N) is 5. The van der Waals surface area contributed by atoms with Gasteiger partial charge in [-0.25, -0.2) is 9.98 Å². The second-order valence-electron chi connectivity index (χ2n) is 8.28. The van der Waals surface area contributed by atoms with Crippen molar-refractivity contribution < 1.29 is 22.8 Å². The minimum atomic E-state index is -4.68. The summed E-state index contributed by atoms with van der Waals surface area (Å²) >= 11 is 0. The third-order valence-electron chi connectivity index (χ3n) is 6.02. The van der Waals surface area contributed by atoms with E-state index in [4.69, 9.17) is 0 Å². The number of carbonyl (C=O) groups excluding carboxylic acids is 2. The first-order chi connectivity index (χ1) is 16.2. The number of carbonyl (C=O) groups is 2. The Balaban J connectivity index is 1.47. The van der Waals surface area contributed by atoms with E-state index in [1.807, 2.05) is 19.1 Å². The number of hydrogen-bond acceptors (Lipinski definition) is 6. The number of fused-ring (bicyclic) bond motifs is 1. The zero-order valence-corrected chi connectivity index (χ0v) is 18.9. The molecule has 0 radical (unpaired) electrons. The van der Waals surface area contributed by atoms with Crippen molar-refractivity contribution in [2.75, 3.05) is 38.1 Å². The lowest BCUT2D eigenvalue weighted by Gasteiger charge is -2.36. The number of aromatic nitrogens is 2. The minimum absolute atomic E-state index is 0.0337. The molecule has 2 amide bonds. The molecule has 8 nitrogen and oxygen atoms in total. The van der Waals surface area contributed by atoms with Crippen molar-refractivity contribution in [3.63, 3.8) is 0 Å². The van der Waals surface area contributed by atoms with Gasteiger partial charge in [-0.2, -0.15) is 13.2 Å². The maximum absolute atomic E-state index is 13.7. The smallest absolute Gasteiger partial charge is 0.367 e. The Morgan fingerprint density at radius 2 is 1.94 bits per heavy atom. The van der Waals surface area contributed by atoms with Crippen LogP contribution in [0.5, 0.6) is 0 Å². The molecule has 0 saturated carbocycles. The number of anilines is 1. The van der Waals surface area contributed by atoms with Gasteiger partial charge in [0, 0.05) is 46.0 Å². The van der Waals surface area contributed by atoms with Crippen molar-refractivity contribution >= 4 is 23.6 Å². The second kappa shape index (κ2) is 9.49. The van der Waals surface area contributed by atoms with Crippen LogP contribution in [0.1, 0.15) is 35.1 Å². The highest BCUT2D eigenvalue weighted by molar-refractivity contribution is 5.92. The topological polar surface area (TPSA) is 90.8 Å². The number of hydrogen-bond donors (Lipinski definition) is 1. The van der Waals surface area contributed by atoms with Gasteiger partial charge >= 0.3 is 6.18 Å². The SMILES string of the molecule is CCC1C=c2ncc(CN3CCN(c4ccc(C(=O)NC)nc4C(F)(F)F)CC3)cc2=NC1=O. The van der Waals surface area contributed by atoms with Gasteiger partial charge in [0.25, 0.3) is 11.8 Å². The fourth-order valence-electron chi connectivity index (χ4n) is 4.14. The average Bonchev–Trinajstić information content (AvgIpc) is 2.82. The van der Waals surface area contributed by atoms with Gasteiger partial charge in [-0.1, -0.05) is 6.92 Å². The van der Waals surface area contributed by atoms with E-state index in [0.717, 1.165) is 5.56 Å². The first-order valence-electron chi connectivity index (χ1n) is 11.1. The summed E-state index contributed by atoms with van der Waals surface area (Å²) in [5.74, 6) is -1.07. The summed E-state index contributed by atoms with van der Waals surface area (Å²) in [6, 6.07) is 4.46. The van der Waals surface area contributed by atoms with E-state index in [2.05, 4.69) is 25.2 Å². The lowest BCUT2D eigenvalue weighted by atomic mass is 10.0. The van der Waals surface area contributed by atoms with Crippen molar-refractivity contribution in [2.24, 2.45) is 10.9 Å². The van der Waals surface area contributed by atoms with Crippen molar-refractivity contribution in [3.05, 3.63) is 52.1 Å². The number of rotatable bonds is 5. The molecule has 0 aromatic carbocycles. The lowest BCUT2D eigenvalue weighted by molar-refractivity contribution is -0.140. The van der Waals surface area contributed by atoms with Gasteiger partial charge in [0.15, 0.2) is 5.69 Å². The number of amides is 2. The maximum Gasteiger partial charge on any atom is 0.435 e. The third-order valence-corrected chi connectivity index (χ3v) is 6.02. The van der Waals surface area contributed by atoms with Gasteiger partial charge in [-0.15, -0.1) is 0 Å². The number of piperazine rings is 1. The molecule has 1 atom stereocenters. The predicted molar refractivity (Wildman–Crippen MR) is 118 cm³/mol. The Labute approximate surface area is 194 Å². The Hall–Kier alpha value is -3.34. The number of nitrogens with one attached hydrogen (secondary N) is 1. The monoisotopic (exact) mass is 474 g/mol. The van der Waals surface area contributed by atoms with Crippen LogP contribution in [0, 0.1) is 5.92 Å². The molecule has 34 heavy (non-hydrogen) atoms. The van der Waals surface area contributed by atoms with Gasteiger partial charge in [0.1, 0.15) is 5.69 Å². The molecule has 2 aromatic heterocycles. The summed E-state index contributed by atoms with van der Waals surface area (Å²) in [6.07, 6.45) is -0.409. The van der Waals surface area contributed by atoms with Crippen LogP contribution in [0.2, 0.25) is 0 Å². The molecule has 4 heterocycles. The third kappa shape index (κ3) is 4.93. The van der Waals surface area contributed by atoms with Gasteiger partial charge in [-0.3, -0.25) is 19.5 Å². The molecule has 0 aliphatic carbocycles. The summed E-state index contributed by atoms with van der Waals surface area (Å²) in [4.78, 5) is 39.8. The minimum Gasteiger partial charge on any atom is -0.367 e. The summed E-state index contributed by atoms with van der Waals surface area (Å²) in [7, 11) is 1.34. The zero-order valence-electron chi connectivity index (χ0n) is 18.9. The number of alkyl halides is 3. The highest BCUT2D eigenvalue weighted by Gasteiger charge is 2.38. The van der Waals surface area contributed by atoms with Crippen LogP contribution in [0.4, 0.5) is 18.9 Å². The number of pyridine rings is 2. The molecule has 1 fully saturated rings. The summed E-state index contributed by atoms with van der Waals surface area (Å²) in [6.45, 7) is 4.29. The Bertz CT molecular complexity index is 1220. The van der Waals surface area contributed by atoms with E-state index in [0.29, 0.717) is 49.9 Å². The highest BCUT2D eigenvalue weighted by Crippen LogP contribution is 2.35. The van der Waals surface area contributed by atoms with Gasteiger partial charge < -0.3 is 10.2 Å². The van der Waals surface area contributed by atoms with Crippen molar-refractivity contribution in [1.29, 1.82) is 0 Å². The zero-order chi connectivity index (χ0) is 24.5. The van der Waals surface area contributed by atoms with E-state index in [-0.39, 0.29) is 23.2 Å². The molecule has 1 N–H and O–H groups in total. The first kappa shape index (κ1) is 23.8. The Morgan fingerprint density at radius 3 is 2.59 bits per heavy atom. The summed E-state index contributed by atoms with van der Waals surface area (Å²) in [5, 5.41) is 3.55. The van der Waals surface area contributed by atoms with Crippen LogP contribution in [0.15, 0.2) is 29.4 Å². The van der Waals surface area contributed by atoms with E-state index in [1.54, 1.807) is 11.1 Å². The Morgan fingerprint density at radius 1 is 1.21 bits per heavy atom. The normalized spacial score (nSPS) is 18.7. The molecule has 1 unspecified atom stereocenters. The molecule has 180 valence electrons. The van der Waals surface area contributed by atoms with Gasteiger partial charge in [0.05, 0.1) is 22.3 Å². The molecule has 2 aliphatic heterocycles. The molecule has 0 spiro atoms. The first-order valence-corrected chi connectivity index (χ1v) is 11.1. The molecular formula is C23H25F3N6O2. The van der Waals surface area contributed by atoms with Crippen LogP contribution in [-0.4, -0.2) is 59.9 Å². The standard InChI is InChI=1S/C23H25F3N6O2/c1-3-15-11-17-18(30-21(15)33)10-14(12-28-17)13-31-6-8-32(9-7-31)19-5-4-16(22(34)27-2)29-20(19)23(24,25)26/h4-5,10-12,15H,3,6-9,13H2,1-2H3,(H,27,34). The van der Waals surface area contributed by atoms with Crippen LogP contribution in [-0.2, 0) is 17.5 Å². The van der Waals surface area contributed by atoms with E-state index < -0.39 is 17.8 Å². The van der Waals surface area contributed by atoms with Crippen LogP contribution < -0.4 is 20.9 Å². The fourth-order valence-corrected chi connectivity index (χ4v) is 4.14. The molecule has 2 aliphatic rings. The van der Waals surface area contributed by atoms with E-state index >= 15 is 0 Å². The van der Waals surface area contributed by atoms with Crippen LogP contribution in [0.25, 0.3) is 6.08 Å². The van der Waals surface area contributed by atoms with E-state index in [1.165, 1.54) is 19.2 Å². The maximum atomic E-state index is 13.7. The molecule has 11 heteroatoms. The van der Waals surface area contributed by atoms with Gasteiger partial charge in [0.2, 0.25) is 0 Å². The van der Waals surface area contributed by atoms with Crippen molar-refractivity contribution in [2.45, 2.75) is 26.1 Å². The van der Waals surface area contributed by atoms with Crippen molar-refractivity contribution in [3.8, 4) is 0 Å². The largest absolute Gasteiger partial charge is 0.435 e. The summed E-state index contributed by atoms with van der Waals surface area (Å²) < 4.78 is 41.0. The molecule has 2 aromatic rings. The van der Waals surface area contributed by atoms with Gasteiger partial charge in [-0.05, 0) is 36.3 Å². The quantitative estimate of drug-likeness (QED) is 0.699. The summed E-state index contributed by atoms with van der Waals surface area (Å²) in [5.41, 5.74) is -0.481. The predicted octanol–water partition coefficient (Wildman–Crippen LogP) is 1.14. The lowest BCUT2D eigenvalue weighted by Crippen LogP contribution is -2.47. The fraction of sp³-hybridized carbons (Fsp3) is 0.435. The van der Waals surface area contributed by atoms with Crippen LogP contribution in [0.3, 0.4) is 0 Å². The van der Waals surface area contributed by atoms with Crippen LogP contribution >= 0.6 is 0 Å². The molecule has 0 bridgehead atoms. The molecule has 4 rings (SSSR count). The van der Waals surface area contributed by atoms with E-state index in [9.17, 15) is 22.8 Å². The number of halogens is 3. The molecule has 1 saturated heterocycles. The molecular weight excluding hydrogens is 449 g/mol. The van der Waals surface area contributed by atoms with Crippen molar-refractivity contribution in [1.82, 2.24) is 20.2 Å². The second-order valence-corrected chi connectivity index (χ2v) is 8.28. The highest BCUT2D eigenvalue weighted by atomic mass is 19.4. The Kier molecular flexibility index (Phi) is 6.65.